The number of furan rings is 1. The van der Waals surface area contributed by atoms with Gasteiger partial charge < -0.3 is 9.52 Å². The molecule has 2 saturated heterocycles. The number of aliphatic hydroxyl groups excluding tert-OH is 1. The zero-order valence-corrected chi connectivity index (χ0v) is 24.1. The van der Waals surface area contributed by atoms with E-state index in [-0.39, 0.29) is 48.4 Å². The summed E-state index contributed by atoms with van der Waals surface area (Å²) in [7, 11) is 0. The van der Waals surface area contributed by atoms with Crippen LogP contribution in [0.15, 0.2) is 82.8 Å². The molecule has 2 aromatic carbocycles. The summed E-state index contributed by atoms with van der Waals surface area (Å²) in [5.74, 6) is -5.76. The summed E-state index contributed by atoms with van der Waals surface area (Å²) >= 11 is 14.5. The minimum atomic E-state index is -2.09. The average molecular weight is 623 g/mol. The second-order valence-electron chi connectivity index (χ2n) is 11.5. The molecule has 3 fully saturated rings. The lowest BCUT2D eigenvalue weighted by molar-refractivity contribution is -0.141. The predicted octanol–water partition coefficient (Wildman–Crippen LogP) is 4.67. The van der Waals surface area contributed by atoms with Crippen molar-refractivity contribution in [2.45, 2.75) is 41.7 Å². The summed E-state index contributed by atoms with van der Waals surface area (Å²) in [6, 6.07) is 17.1. The van der Waals surface area contributed by atoms with Crippen molar-refractivity contribution < 1.29 is 33.1 Å². The summed E-state index contributed by atoms with van der Waals surface area (Å²) in [6.07, 6.45) is 1.85. The van der Waals surface area contributed by atoms with E-state index in [2.05, 4.69) is 0 Å². The molecule has 2 aliphatic carbocycles. The smallest absolute Gasteiger partial charge is 0.258 e. The van der Waals surface area contributed by atoms with Gasteiger partial charge in [-0.1, -0.05) is 42.0 Å². The molecule has 0 radical (unpaired) electrons. The zero-order chi connectivity index (χ0) is 30.3. The minimum absolute atomic E-state index is 0.0936. The number of hydrogen-bond donors (Lipinski definition) is 1. The maximum absolute atomic E-state index is 14.2. The number of rotatable bonds is 5. The first-order chi connectivity index (χ1) is 20.6. The van der Waals surface area contributed by atoms with Crippen molar-refractivity contribution in [3.63, 3.8) is 0 Å². The molecule has 7 rings (SSSR count). The van der Waals surface area contributed by atoms with Gasteiger partial charge in [-0.05, 0) is 60.7 Å². The van der Waals surface area contributed by atoms with Crippen LogP contribution in [0.4, 0.5) is 10.1 Å². The Morgan fingerprint density at radius 2 is 1.63 bits per heavy atom. The Morgan fingerprint density at radius 1 is 0.907 bits per heavy atom. The number of anilines is 1. The number of carbonyl (C=O) groups excluding carboxylic acids is 4. The number of amides is 4. The van der Waals surface area contributed by atoms with Gasteiger partial charge in [0.05, 0.1) is 30.0 Å². The lowest BCUT2D eigenvalue weighted by Crippen LogP contribution is -2.60. The summed E-state index contributed by atoms with van der Waals surface area (Å²) in [6.45, 7) is -0.312. The van der Waals surface area contributed by atoms with E-state index in [4.69, 9.17) is 27.6 Å². The highest BCUT2D eigenvalue weighted by Gasteiger charge is 2.77. The number of allylic oxidation sites excluding steroid dienone is 2. The molecule has 3 aromatic rings. The average Bonchev–Trinajstić information content (AvgIpc) is 3.61. The molecule has 6 unspecified atom stereocenters. The van der Waals surface area contributed by atoms with Crippen LogP contribution in [0.5, 0.6) is 0 Å². The van der Waals surface area contributed by atoms with Crippen LogP contribution < -0.4 is 4.90 Å². The first-order valence-electron chi connectivity index (χ1n) is 13.9. The van der Waals surface area contributed by atoms with Crippen molar-refractivity contribution in [2.75, 3.05) is 4.90 Å². The van der Waals surface area contributed by atoms with Crippen LogP contribution in [0, 0.1) is 23.6 Å². The molecule has 11 heteroatoms. The van der Waals surface area contributed by atoms with Crippen molar-refractivity contribution in [3.05, 3.63) is 101 Å². The Morgan fingerprint density at radius 3 is 2.30 bits per heavy atom. The topological polar surface area (TPSA) is 108 Å². The van der Waals surface area contributed by atoms with Crippen LogP contribution in [-0.2, 0) is 32.3 Å². The van der Waals surface area contributed by atoms with Gasteiger partial charge in [0.25, 0.3) is 11.8 Å². The van der Waals surface area contributed by atoms with Gasteiger partial charge in [-0.25, -0.2) is 9.29 Å². The molecule has 2 aliphatic heterocycles. The number of halogens is 3. The normalized spacial score (nSPS) is 31.7. The summed E-state index contributed by atoms with van der Waals surface area (Å²) < 4.78 is 19.7. The van der Waals surface area contributed by atoms with Crippen LogP contribution in [0.3, 0.4) is 0 Å². The van der Waals surface area contributed by atoms with Crippen molar-refractivity contribution in [3.8, 4) is 0 Å². The molecular weight excluding hydrogens is 598 g/mol. The predicted molar refractivity (Wildman–Crippen MR) is 153 cm³/mol. The third-order valence-corrected chi connectivity index (χ3v) is 10.7. The van der Waals surface area contributed by atoms with Crippen LogP contribution in [-0.4, -0.2) is 43.4 Å². The Balaban J connectivity index is 1.35. The largest absolute Gasteiger partial charge is 0.463 e. The summed E-state index contributed by atoms with van der Waals surface area (Å²) in [4.78, 5) is 54.0. The highest BCUT2D eigenvalue weighted by molar-refractivity contribution is 6.58. The third kappa shape index (κ3) is 3.84. The number of imide groups is 2. The highest BCUT2D eigenvalue weighted by Crippen LogP contribution is 2.65. The van der Waals surface area contributed by atoms with Gasteiger partial charge in [-0.3, -0.25) is 24.1 Å². The third-order valence-electron chi connectivity index (χ3n) is 9.29. The quantitative estimate of drug-likeness (QED) is 0.252. The Labute approximate surface area is 255 Å². The number of likely N-dealkylation sites (tertiary alicyclic amines) is 1. The fourth-order valence-electron chi connectivity index (χ4n) is 7.33. The van der Waals surface area contributed by atoms with Crippen molar-refractivity contribution in [1.29, 1.82) is 0 Å². The number of hydrogen-bond acceptors (Lipinski definition) is 6. The molecule has 43 heavy (non-hydrogen) atoms. The van der Waals surface area contributed by atoms with Gasteiger partial charge in [0.1, 0.15) is 23.9 Å². The maximum Gasteiger partial charge on any atom is 0.258 e. The maximum atomic E-state index is 14.2. The first kappa shape index (κ1) is 28.0. The molecule has 3 heterocycles. The van der Waals surface area contributed by atoms with Crippen LogP contribution in [0.25, 0.3) is 0 Å². The van der Waals surface area contributed by atoms with E-state index in [1.807, 2.05) is 36.4 Å². The van der Waals surface area contributed by atoms with E-state index in [9.17, 15) is 28.7 Å². The molecule has 1 aromatic heterocycles. The molecule has 1 N–H and O–H groups in total. The number of nitrogens with zero attached hydrogens (tertiary/aromatic N) is 2. The van der Waals surface area contributed by atoms with Crippen LogP contribution >= 0.6 is 23.2 Å². The number of benzene rings is 2. The van der Waals surface area contributed by atoms with Crippen molar-refractivity contribution in [1.82, 2.24) is 4.90 Å². The van der Waals surface area contributed by atoms with Gasteiger partial charge in [0.15, 0.2) is 9.75 Å². The van der Waals surface area contributed by atoms with E-state index in [0.717, 1.165) is 22.6 Å². The van der Waals surface area contributed by atoms with Gasteiger partial charge in [0, 0.05) is 0 Å². The van der Waals surface area contributed by atoms with E-state index in [0.29, 0.717) is 5.57 Å². The molecule has 4 aliphatic rings. The monoisotopic (exact) mass is 622 g/mol. The first-order valence-corrected chi connectivity index (χ1v) is 14.7. The van der Waals surface area contributed by atoms with Crippen molar-refractivity contribution >= 4 is 52.5 Å². The molecule has 4 amide bonds. The lowest BCUT2D eigenvalue weighted by Gasteiger charge is -2.49. The van der Waals surface area contributed by atoms with Gasteiger partial charge in [-0.2, -0.15) is 0 Å². The zero-order valence-electron chi connectivity index (χ0n) is 22.6. The summed E-state index contributed by atoms with van der Waals surface area (Å²) in [5.41, 5.74) is 1.47. The fourth-order valence-corrected chi connectivity index (χ4v) is 8.25. The SMILES string of the molecule is O=C1C2CC=C3C(CC4(Cl)C(=O)N(c5ccc(F)cc5)C(=O)C4(Cl)C3c3ccc(CO)o3)C2C(=O)N1Cc1ccccc1. The van der Waals surface area contributed by atoms with Crippen LogP contribution in [0.1, 0.15) is 35.8 Å². The molecule has 220 valence electrons. The molecule has 8 nitrogen and oxygen atoms in total. The molecular formula is C32H25Cl2FN2O6. The Hall–Kier alpha value is -3.79. The molecule has 0 bridgehead atoms. The number of alkyl halides is 2. The molecule has 1 saturated carbocycles. The van der Waals surface area contributed by atoms with Gasteiger partial charge in [-0.15, -0.1) is 23.2 Å². The number of aliphatic hydroxyl groups is 1. The minimum Gasteiger partial charge on any atom is -0.463 e. The van der Waals surface area contributed by atoms with Crippen molar-refractivity contribution in [2.24, 2.45) is 17.8 Å². The van der Waals surface area contributed by atoms with Gasteiger partial charge >= 0.3 is 0 Å². The van der Waals surface area contributed by atoms with E-state index in [1.54, 1.807) is 6.07 Å². The van der Waals surface area contributed by atoms with Gasteiger partial charge in [0.2, 0.25) is 11.8 Å². The number of carbonyl (C=O) groups is 4. The second-order valence-corrected chi connectivity index (χ2v) is 12.7. The van der Waals surface area contributed by atoms with Crippen LogP contribution in [0.2, 0.25) is 0 Å². The lowest BCUT2D eigenvalue weighted by atomic mass is 9.57. The Kier molecular flexibility index (Phi) is 6.43. The summed E-state index contributed by atoms with van der Waals surface area (Å²) in [5, 5.41) is 9.71. The number of fused-ring (bicyclic) bond motifs is 4. The highest BCUT2D eigenvalue weighted by atomic mass is 35.5. The second kappa shape index (κ2) is 9.87. The molecule has 0 spiro atoms. The van der Waals surface area contributed by atoms with E-state index < -0.39 is 57.7 Å². The standard InChI is InChI=1S/C32H25Cl2FN2O6/c33-31-14-23-21(11-12-22-25(23)28(40)36(27(22)39)15-17-4-2-1-3-5-17)26(24-13-10-20(16-38)43-24)32(31,34)30(42)37(29(31)41)19-8-6-18(35)7-9-19/h1-11,13,22-23,25-26,38H,12,14-16H2. The van der Waals surface area contributed by atoms with E-state index in [1.165, 1.54) is 23.1 Å². The van der Waals surface area contributed by atoms with E-state index >= 15 is 0 Å². The Bertz CT molecular complexity index is 1710. The fraction of sp³-hybridized carbons (Fsp3) is 0.312. The molecule has 6 atom stereocenters.